The van der Waals surface area contributed by atoms with Crippen LogP contribution in [0.2, 0.25) is 0 Å². The summed E-state index contributed by atoms with van der Waals surface area (Å²) in [6.07, 6.45) is 1.85. The highest BCUT2D eigenvalue weighted by atomic mass is 16.2. The molecule has 0 amide bonds. The van der Waals surface area contributed by atoms with E-state index in [0.29, 0.717) is 11.3 Å². The zero-order valence-corrected chi connectivity index (χ0v) is 18.6. The number of aryl methyl sites for hydroxylation is 2. The molecule has 8 heteroatoms. The fourth-order valence-electron chi connectivity index (χ4n) is 4.38. The molecule has 1 atom stereocenters. The minimum Gasteiger partial charge on any atom is -0.307 e. The maximum absolute atomic E-state index is 13.4. The van der Waals surface area contributed by atoms with Crippen molar-refractivity contribution >= 4 is 22.7 Å². The number of aromatic nitrogens is 5. The van der Waals surface area contributed by atoms with E-state index < -0.39 is 11.2 Å². The highest BCUT2D eigenvalue weighted by molar-refractivity contribution is 5.95. The van der Waals surface area contributed by atoms with Gasteiger partial charge in [0.1, 0.15) is 0 Å². The SMILES string of the molecule is Cc1cn2c3c(=O)n(CC(=O)c4ccccc4)c(=O)n(C)c3nc2n1C(C)c1ccccc1. The van der Waals surface area contributed by atoms with E-state index in [-0.39, 0.29) is 29.5 Å². The van der Waals surface area contributed by atoms with Gasteiger partial charge in [-0.2, -0.15) is 4.98 Å². The van der Waals surface area contributed by atoms with Gasteiger partial charge in [0.05, 0.1) is 12.6 Å². The molecule has 5 aromatic rings. The van der Waals surface area contributed by atoms with Gasteiger partial charge in [-0.1, -0.05) is 60.7 Å². The largest absolute Gasteiger partial charge is 0.332 e. The lowest BCUT2D eigenvalue weighted by molar-refractivity contribution is 0.0969. The number of benzene rings is 2. The fourth-order valence-corrected chi connectivity index (χ4v) is 4.38. The van der Waals surface area contributed by atoms with Crippen molar-refractivity contribution in [3.05, 3.63) is 105 Å². The molecule has 0 aliphatic rings. The summed E-state index contributed by atoms with van der Waals surface area (Å²) in [4.78, 5) is 43.8. The molecule has 0 fully saturated rings. The summed E-state index contributed by atoms with van der Waals surface area (Å²) in [5.74, 6) is 0.263. The first-order valence-electron chi connectivity index (χ1n) is 10.7. The van der Waals surface area contributed by atoms with Crippen LogP contribution in [0, 0.1) is 6.92 Å². The summed E-state index contributed by atoms with van der Waals surface area (Å²) in [7, 11) is 1.57. The highest BCUT2D eigenvalue weighted by Crippen LogP contribution is 2.25. The molecule has 3 aromatic heterocycles. The van der Waals surface area contributed by atoms with Crippen LogP contribution in [0.4, 0.5) is 0 Å². The van der Waals surface area contributed by atoms with Crippen LogP contribution in [-0.4, -0.2) is 28.9 Å². The quantitative estimate of drug-likeness (QED) is 0.393. The Kier molecular flexibility index (Phi) is 4.85. The first-order valence-corrected chi connectivity index (χ1v) is 10.7. The summed E-state index contributed by atoms with van der Waals surface area (Å²) in [6.45, 7) is 3.69. The van der Waals surface area contributed by atoms with Crippen molar-refractivity contribution in [2.75, 3.05) is 0 Å². The Morgan fingerprint density at radius 3 is 2.30 bits per heavy atom. The first kappa shape index (κ1) is 20.7. The zero-order valence-electron chi connectivity index (χ0n) is 18.6. The molecule has 1 unspecified atom stereocenters. The predicted octanol–water partition coefficient (Wildman–Crippen LogP) is 2.95. The lowest BCUT2D eigenvalue weighted by atomic mass is 10.1. The monoisotopic (exact) mass is 441 g/mol. The van der Waals surface area contributed by atoms with Gasteiger partial charge < -0.3 is 4.57 Å². The van der Waals surface area contributed by atoms with Gasteiger partial charge in [0.2, 0.25) is 5.78 Å². The lowest BCUT2D eigenvalue weighted by Gasteiger charge is -2.16. The number of carbonyl (C=O) groups excluding carboxylic acids is 1. The number of imidazole rings is 2. The van der Waals surface area contributed by atoms with Crippen LogP contribution in [0.1, 0.15) is 34.6 Å². The molecule has 0 spiro atoms. The molecule has 0 saturated carbocycles. The average Bonchev–Trinajstić information content (AvgIpc) is 3.35. The Bertz CT molecular complexity index is 1620. The number of hydrogen-bond donors (Lipinski definition) is 0. The number of ketones is 1. The second kappa shape index (κ2) is 7.74. The summed E-state index contributed by atoms with van der Waals surface area (Å²) >= 11 is 0. The molecule has 0 aliphatic heterocycles. The predicted molar refractivity (Wildman–Crippen MR) is 126 cm³/mol. The highest BCUT2D eigenvalue weighted by Gasteiger charge is 2.23. The van der Waals surface area contributed by atoms with Gasteiger partial charge in [-0.05, 0) is 19.4 Å². The van der Waals surface area contributed by atoms with E-state index in [4.69, 9.17) is 0 Å². The van der Waals surface area contributed by atoms with Gasteiger partial charge in [-0.15, -0.1) is 0 Å². The molecule has 33 heavy (non-hydrogen) atoms. The standard InChI is InChI=1S/C25H23N5O3/c1-16-14-28-21-22(26-24(28)30(16)17(2)18-10-6-4-7-11-18)27(3)25(33)29(23(21)32)15-20(31)19-12-8-5-9-13-19/h4-14,17H,15H2,1-3H3. The zero-order chi connectivity index (χ0) is 23.3. The van der Waals surface area contributed by atoms with Crippen LogP contribution in [0.15, 0.2) is 76.4 Å². The smallest absolute Gasteiger partial charge is 0.307 e. The molecular weight excluding hydrogens is 418 g/mol. The maximum Gasteiger partial charge on any atom is 0.332 e. The number of fused-ring (bicyclic) bond motifs is 3. The van der Waals surface area contributed by atoms with Gasteiger partial charge in [0, 0.05) is 24.5 Å². The van der Waals surface area contributed by atoms with Gasteiger partial charge in [0.15, 0.2) is 16.9 Å². The summed E-state index contributed by atoms with van der Waals surface area (Å²) in [5.41, 5.74) is 1.93. The van der Waals surface area contributed by atoms with Crippen LogP contribution in [0.3, 0.4) is 0 Å². The molecule has 0 N–H and O–H groups in total. The van der Waals surface area contributed by atoms with Crippen molar-refractivity contribution in [3.63, 3.8) is 0 Å². The lowest BCUT2D eigenvalue weighted by Crippen LogP contribution is -2.41. The first-order chi connectivity index (χ1) is 15.9. The van der Waals surface area contributed by atoms with Crippen molar-refractivity contribution in [2.24, 2.45) is 7.05 Å². The van der Waals surface area contributed by atoms with E-state index in [2.05, 4.69) is 11.9 Å². The molecule has 2 aromatic carbocycles. The Morgan fingerprint density at radius 2 is 1.64 bits per heavy atom. The Morgan fingerprint density at radius 1 is 1.00 bits per heavy atom. The average molecular weight is 441 g/mol. The molecule has 8 nitrogen and oxygen atoms in total. The van der Waals surface area contributed by atoms with Crippen molar-refractivity contribution in [1.29, 1.82) is 0 Å². The van der Waals surface area contributed by atoms with Crippen LogP contribution >= 0.6 is 0 Å². The molecule has 0 radical (unpaired) electrons. The molecule has 0 bridgehead atoms. The van der Waals surface area contributed by atoms with E-state index >= 15 is 0 Å². The van der Waals surface area contributed by atoms with Crippen molar-refractivity contribution in [1.82, 2.24) is 23.1 Å². The van der Waals surface area contributed by atoms with E-state index in [1.54, 1.807) is 41.8 Å². The van der Waals surface area contributed by atoms with E-state index in [1.165, 1.54) is 4.57 Å². The van der Waals surface area contributed by atoms with E-state index in [0.717, 1.165) is 15.8 Å². The van der Waals surface area contributed by atoms with Gasteiger partial charge in [-0.25, -0.2) is 4.79 Å². The number of Topliss-reactive ketones (excluding diaryl/α,β-unsaturated/α-hetero) is 1. The van der Waals surface area contributed by atoms with Crippen LogP contribution in [-0.2, 0) is 13.6 Å². The third-order valence-electron chi connectivity index (χ3n) is 6.14. The van der Waals surface area contributed by atoms with Crippen molar-refractivity contribution in [2.45, 2.75) is 26.4 Å². The third kappa shape index (κ3) is 3.22. The maximum atomic E-state index is 13.4. The second-order valence-corrected chi connectivity index (χ2v) is 8.20. The normalized spacial score (nSPS) is 12.5. The van der Waals surface area contributed by atoms with Gasteiger partial charge in [-0.3, -0.25) is 23.1 Å². The third-order valence-corrected chi connectivity index (χ3v) is 6.14. The van der Waals surface area contributed by atoms with Crippen LogP contribution < -0.4 is 11.2 Å². The van der Waals surface area contributed by atoms with Crippen molar-refractivity contribution < 1.29 is 4.79 Å². The fraction of sp³-hybridized carbons (Fsp3) is 0.200. The molecule has 166 valence electrons. The van der Waals surface area contributed by atoms with E-state index in [1.807, 2.05) is 48.0 Å². The van der Waals surface area contributed by atoms with E-state index in [9.17, 15) is 14.4 Å². The Balaban J connectivity index is 1.71. The van der Waals surface area contributed by atoms with Crippen LogP contribution in [0.5, 0.6) is 0 Å². The second-order valence-electron chi connectivity index (χ2n) is 8.20. The van der Waals surface area contributed by atoms with Crippen LogP contribution in [0.25, 0.3) is 16.9 Å². The Labute approximate surface area is 189 Å². The summed E-state index contributed by atoms with van der Waals surface area (Å²) in [5, 5.41) is 0. The number of rotatable bonds is 5. The molecule has 3 heterocycles. The minimum atomic E-state index is -0.572. The van der Waals surface area contributed by atoms with Gasteiger partial charge in [0.25, 0.3) is 5.56 Å². The molecule has 0 saturated heterocycles. The molecule has 5 rings (SSSR count). The van der Waals surface area contributed by atoms with Crippen molar-refractivity contribution in [3.8, 4) is 0 Å². The number of hydrogen-bond acceptors (Lipinski definition) is 4. The summed E-state index contributed by atoms with van der Waals surface area (Å²) in [6, 6.07) is 18.6. The topological polar surface area (TPSA) is 83.3 Å². The molecule has 0 aliphatic carbocycles. The molecular formula is C25H23N5O3. The number of carbonyl (C=O) groups is 1. The minimum absolute atomic E-state index is 0.0283. The van der Waals surface area contributed by atoms with Gasteiger partial charge >= 0.3 is 5.69 Å². The number of nitrogens with zero attached hydrogens (tertiary/aromatic N) is 5. The summed E-state index contributed by atoms with van der Waals surface area (Å²) < 4.78 is 6.07. The Hall–Kier alpha value is -4.20.